The Kier molecular flexibility index (Phi) is 8.26. The molecule has 0 radical (unpaired) electrons. The Labute approximate surface area is 166 Å². The van der Waals surface area contributed by atoms with Crippen LogP contribution in [-0.4, -0.2) is 60.2 Å². The summed E-state index contributed by atoms with van der Waals surface area (Å²) in [4.78, 5) is 4.64. The van der Waals surface area contributed by atoms with Crippen LogP contribution in [0.2, 0.25) is 0 Å². The van der Waals surface area contributed by atoms with Crippen molar-refractivity contribution in [3.63, 3.8) is 0 Å². The molecule has 8 nitrogen and oxygen atoms in total. The van der Waals surface area contributed by atoms with E-state index in [2.05, 4.69) is 32.7 Å². The molecule has 1 aliphatic rings. The first-order valence-corrected chi connectivity index (χ1v) is 9.98. The van der Waals surface area contributed by atoms with Gasteiger partial charge in [-0.25, -0.2) is 4.99 Å². The second-order valence-electron chi connectivity index (χ2n) is 6.73. The lowest BCUT2D eigenvalue weighted by atomic mass is 10.1. The number of ether oxygens (including phenoxy) is 2. The SMILES string of the molecule is CCNC(=NCc1nncn1-c1ccccc1)NCCCOCC1CCOC1. The maximum atomic E-state index is 5.74. The maximum absolute atomic E-state index is 5.74. The third-order valence-electron chi connectivity index (χ3n) is 4.51. The minimum absolute atomic E-state index is 0.447. The Morgan fingerprint density at radius 3 is 3.00 bits per heavy atom. The smallest absolute Gasteiger partial charge is 0.191 e. The quantitative estimate of drug-likeness (QED) is 0.368. The van der Waals surface area contributed by atoms with Crippen molar-refractivity contribution in [2.45, 2.75) is 26.3 Å². The monoisotopic (exact) mass is 386 g/mol. The first-order chi connectivity index (χ1) is 13.9. The van der Waals surface area contributed by atoms with Gasteiger partial charge in [-0.05, 0) is 31.9 Å². The highest BCUT2D eigenvalue weighted by Gasteiger charge is 2.15. The molecule has 1 aromatic heterocycles. The van der Waals surface area contributed by atoms with E-state index in [4.69, 9.17) is 9.47 Å². The van der Waals surface area contributed by atoms with Crippen molar-refractivity contribution in [3.8, 4) is 5.69 Å². The Balaban J connectivity index is 1.43. The molecule has 8 heteroatoms. The highest BCUT2D eigenvalue weighted by molar-refractivity contribution is 5.79. The van der Waals surface area contributed by atoms with Crippen molar-refractivity contribution in [1.29, 1.82) is 0 Å². The van der Waals surface area contributed by atoms with Gasteiger partial charge in [0.1, 0.15) is 12.9 Å². The van der Waals surface area contributed by atoms with E-state index in [1.165, 1.54) is 0 Å². The molecule has 1 atom stereocenters. The molecule has 3 rings (SSSR count). The summed E-state index contributed by atoms with van der Waals surface area (Å²) in [6.07, 6.45) is 3.76. The van der Waals surface area contributed by atoms with Gasteiger partial charge in [-0.2, -0.15) is 0 Å². The third-order valence-corrected chi connectivity index (χ3v) is 4.51. The zero-order valence-corrected chi connectivity index (χ0v) is 16.5. The van der Waals surface area contributed by atoms with Gasteiger partial charge in [0, 0.05) is 37.9 Å². The fraction of sp³-hybridized carbons (Fsp3) is 0.550. The van der Waals surface area contributed by atoms with Crippen molar-refractivity contribution in [2.24, 2.45) is 10.9 Å². The minimum Gasteiger partial charge on any atom is -0.381 e. The number of hydrogen-bond acceptors (Lipinski definition) is 5. The lowest BCUT2D eigenvalue weighted by Gasteiger charge is -2.12. The van der Waals surface area contributed by atoms with Crippen LogP contribution < -0.4 is 10.6 Å². The minimum atomic E-state index is 0.447. The number of benzene rings is 1. The fourth-order valence-electron chi connectivity index (χ4n) is 3.01. The summed E-state index contributed by atoms with van der Waals surface area (Å²) >= 11 is 0. The van der Waals surface area contributed by atoms with E-state index in [9.17, 15) is 0 Å². The zero-order valence-electron chi connectivity index (χ0n) is 16.5. The van der Waals surface area contributed by atoms with Gasteiger partial charge >= 0.3 is 0 Å². The molecule has 0 bridgehead atoms. The first-order valence-electron chi connectivity index (χ1n) is 9.98. The molecular formula is C20H30N6O2. The zero-order chi connectivity index (χ0) is 19.4. The lowest BCUT2D eigenvalue weighted by Crippen LogP contribution is -2.38. The van der Waals surface area contributed by atoms with Crippen molar-refractivity contribution in [1.82, 2.24) is 25.4 Å². The van der Waals surface area contributed by atoms with Crippen LogP contribution in [0.5, 0.6) is 0 Å². The van der Waals surface area contributed by atoms with Crippen molar-refractivity contribution >= 4 is 5.96 Å². The van der Waals surface area contributed by atoms with Crippen molar-refractivity contribution in [2.75, 3.05) is 39.5 Å². The Bertz CT molecular complexity index is 712. The molecule has 2 N–H and O–H groups in total. The van der Waals surface area contributed by atoms with Crippen molar-refractivity contribution in [3.05, 3.63) is 42.5 Å². The summed E-state index contributed by atoms with van der Waals surface area (Å²) in [5, 5.41) is 14.8. The van der Waals surface area contributed by atoms with Crippen molar-refractivity contribution < 1.29 is 9.47 Å². The van der Waals surface area contributed by atoms with E-state index in [0.29, 0.717) is 12.5 Å². The first kappa shape index (κ1) is 20.3. The van der Waals surface area contributed by atoms with E-state index < -0.39 is 0 Å². The highest BCUT2D eigenvalue weighted by Crippen LogP contribution is 2.12. The number of para-hydroxylation sites is 1. The van der Waals surface area contributed by atoms with Gasteiger partial charge in [0.15, 0.2) is 11.8 Å². The summed E-state index contributed by atoms with van der Waals surface area (Å²) in [6.45, 7) is 7.35. The molecule has 1 saturated heterocycles. The summed E-state index contributed by atoms with van der Waals surface area (Å²) in [5.41, 5.74) is 1.03. The van der Waals surface area contributed by atoms with E-state index in [-0.39, 0.29) is 0 Å². The van der Waals surface area contributed by atoms with Gasteiger partial charge < -0.3 is 20.1 Å². The second-order valence-corrected chi connectivity index (χ2v) is 6.73. The van der Waals surface area contributed by atoms with E-state index >= 15 is 0 Å². The van der Waals surface area contributed by atoms with Crippen LogP contribution in [-0.2, 0) is 16.0 Å². The molecule has 28 heavy (non-hydrogen) atoms. The molecule has 1 aliphatic heterocycles. The highest BCUT2D eigenvalue weighted by atomic mass is 16.5. The molecule has 0 saturated carbocycles. The predicted octanol–water partition coefficient (Wildman–Crippen LogP) is 1.77. The van der Waals surface area contributed by atoms with Gasteiger partial charge in [-0.3, -0.25) is 4.57 Å². The molecule has 0 aliphatic carbocycles. The van der Waals surface area contributed by atoms with E-state index in [1.54, 1.807) is 6.33 Å². The Hall–Kier alpha value is -2.45. The normalized spacial score (nSPS) is 17.0. The largest absolute Gasteiger partial charge is 0.381 e. The summed E-state index contributed by atoms with van der Waals surface area (Å²) in [7, 11) is 0. The molecule has 1 unspecified atom stereocenters. The van der Waals surface area contributed by atoms with Gasteiger partial charge in [-0.1, -0.05) is 18.2 Å². The van der Waals surface area contributed by atoms with Crippen LogP contribution in [0, 0.1) is 5.92 Å². The number of nitrogens with zero attached hydrogens (tertiary/aromatic N) is 4. The van der Waals surface area contributed by atoms with E-state index in [0.717, 1.165) is 69.8 Å². The second kappa shape index (κ2) is 11.4. The molecule has 152 valence electrons. The molecule has 1 fully saturated rings. The molecule has 2 heterocycles. The molecule has 1 aromatic carbocycles. The lowest BCUT2D eigenvalue weighted by molar-refractivity contribution is 0.0888. The number of nitrogens with one attached hydrogen (secondary N) is 2. The van der Waals surface area contributed by atoms with Gasteiger partial charge in [0.05, 0.1) is 13.2 Å². The predicted molar refractivity (Wildman–Crippen MR) is 109 cm³/mol. The van der Waals surface area contributed by atoms with Crippen LogP contribution in [0.3, 0.4) is 0 Å². The topological polar surface area (TPSA) is 85.6 Å². The molecular weight excluding hydrogens is 356 g/mol. The van der Waals surface area contributed by atoms with E-state index in [1.807, 2.05) is 34.9 Å². The maximum Gasteiger partial charge on any atom is 0.191 e. The molecule has 0 spiro atoms. The summed E-state index contributed by atoms with van der Waals surface area (Å²) in [6, 6.07) is 10.0. The number of guanidine groups is 1. The molecule has 0 amide bonds. The summed E-state index contributed by atoms with van der Waals surface area (Å²) in [5.74, 6) is 2.13. The standard InChI is InChI=1S/C20H30N6O2/c1-2-21-20(22-10-6-11-27-14-17-9-12-28-15-17)23-13-19-25-24-16-26(19)18-7-4-3-5-8-18/h3-5,7-8,16-17H,2,6,9-15H2,1H3,(H2,21,22,23). The van der Waals surface area contributed by atoms with Gasteiger partial charge in [0.2, 0.25) is 0 Å². The summed E-state index contributed by atoms with van der Waals surface area (Å²) < 4.78 is 13.1. The van der Waals surface area contributed by atoms with Crippen LogP contribution in [0.4, 0.5) is 0 Å². The van der Waals surface area contributed by atoms with Crippen LogP contribution in [0.15, 0.2) is 41.7 Å². The number of rotatable bonds is 10. The third kappa shape index (κ3) is 6.31. The number of hydrogen-bond donors (Lipinski definition) is 2. The number of aliphatic imine (C=N–C) groups is 1. The van der Waals surface area contributed by atoms with Crippen LogP contribution in [0.25, 0.3) is 5.69 Å². The number of aromatic nitrogens is 3. The average molecular weight is 387 g/mol. The Morgan fingerprint density at radius 2 is 2.21 bits per heavy atom. The average Bonchev–Trinajstić information content (AvgIpc) is 3.41. The van der Waals surface area contributed by atoms with Crippen LogP contribution in [0.1, 0.15) is 25.6 Å². The Morgan fingerprint density at radius 1 is 1.32 bits per heavy atom. The van der Waals surface area contributed by atoms with Gasteiger partial charge in [0.25, 0.3) is 0 Å². The molecule has 2 aromatic rings. The van der Waals surface area contributed by atoms with Gasteiger partial charge in [-0.15, -0.1) is 10.2 Å². The van der Waals surface area contributed by atoms with Crippen LogP contribution >= 0.6 is 0 Å². The fourth-order valence-corrected chi connectivity index (χ4v) is 3.01.